The lowest BCUT2D eigenvalue weighted by atomic mass is 10.2. The Morgan fingerprint density at radius 3 is 0.929 bits per heavy atom. The summed E-state index contributed by atoms with van der Waals surface area (Å²) >= 11 is 0. The highest BCUT2D eigenvalue weighted by Gasteiger charge is 2.65. The zero-order valence-corrected chi connectivity index (χ0v) is 11.1. The van der Waals surface area contributed by atoms with E-state index in [-0.39, 0.29) is 0 Å². The van der Waals surface area contributed by atoms with Crippen molar-refractivity contribution >= 4 is 8.07 Å². The third-order valence-electron chi connectivity index (χ3n) is 3.57. The van der Waals surface area contributed by atoms with E-state index in [1.165, 1.54) is 6.55 Å². The van der Waals surface area contributed by atoms with Crippen LogP contribution in [0.1, 0.15) is 41.5 Å². The van der Waals surface area contributed by atoms with Crippen LogP contribution < -0.4 is 0 Å². The Hall–Kier alpha value is 0.00688. The summed E-state index contributed by atoms with van der Waals surface area (Å²) in [5.41, 5.74) is 0. The number of halogens is 3. The second-order valence-electron chi connectivity index (χ2n) is 6.12. The average Bonchev–Trinajstić information content (AvgIpc) is 1.77. The number of hydrogen-bond donors (Lipinski definition) is 0. The van der Waals surface area contributed by atoms with Crippen molar-refractivity contribution in [3.8, 4) is 0 Å². The van der Waals surface area contributed by atoms with Crippen LogP contribution in [0.15, 0.2) is 0 Å². The van der Waals surface area contributed by atoms with E-state index in [1.54, 1.807) is 41.5 Å². The van der Waals surface area contributed by atoms with Gasteiger partial charge in [-0.2, -0.15) is 13.2 Å². The maximum absolute atomic E-state index is 13.2. The molecule has 4 heteroatoms. The first-order valence-electron chi connectivity index (χ1n) is 4.82. The van der Waals surface area contributed by atoms with Gasteiger partial charge in [0.1, 0.15) is 0 Å². The van der Waals surface area contributed by atoms with Crippen LogP contribution in [-0.2, 0) is 0 Å². The van der Waals surface area contributed by atoms with Gasteiger partial charge in [-0.1, -0.05) is 48.1 Å². The molecule has 0 rings (SSSR count). The van der Waals surface area contributed by atoms with Crippen molar-refractivity contribution in [1.82, 2.24) is 0 Å². The minimum absolute atomic E-state index is 0.663. The molecule has 0 aliphatic rings. The van der Waals surface area contributed by atoms with Gasteiger partial charge in [0.25, 0.3) is 0 Å². The molecule has 0 N–H and O–H groups in total. The van der Waals surface area contributed by atoms with Crippen LogP contribution in [-0.4, -0.2) is 13.9 Å². The van der Waals surface area contributed by atoms with Gasteiger partial charge in [0.05, 0.1) is 0 Å². The summed E-state index contributed by atoms with van der Waals surface area (Å²) in [6, 6.07) is 0. The highest BCUT2D eigenvalue weighted by molar-refractivity contribution is 6.85. The molecule has 0 nitrogen and oxygen atoms in total. The highest BCUT2D eigenvalue weighted by Crippen LogP contribution is 2.58. The SMILES string of the molecule is CC(C)(C)[Si](C)(C(C)(C)C)C(F)(F)F. The first kappa shape index (κ1) is 14.0. The average molecular weight is 226 g/mol. The molecule has 0 saturated carbocycles. The third kappa shape index (κ3) is 1.99. The maximum Gasteiger partial charge on any atom is 0.362 e. The smallest absolute Gasteiger partial charge is 0.177 e. The van der Waals surface area contributed by atoms with Crippen LogP contribution >= 0.6 is 0 Å². The van der Waals surface area contributed by atoms with Gasteiger partial charge in [-0.05, 0) is 10.1 Å². The fraction of sp³-hybridized carbons (Fsp3) is 1.00. The van der Waals surface area contributed by atoms with Crippen molar-refractivity contribution in [1.29, 1.82) is 0 Å². The van der Waals surface area contributed by atoms with E-state index in [1.807, 2.05) is 0 Å². The van der Waals surface area contributed by atoms with Crippen molar-refractivity contribution < 1.29 is 13.2 Å². The lowest BCUT2D eigenvalue weighted by Crippen LogP contribution is -2.60. The van der Waals surface area contributed by atoms with E-state index in [2.05, 4.69) is 0 Å². The molecule has 0 aromatic rings. The standard InChI is InChI=1S/C10H21F3Si/c1-8(2,3)14(7,9(4,5)6)10(11,12)13/h1-7H3. The monoisotopic (exact) mass is 226 g/mol. The largest absolute Gasteiger partial charge is 0.362 e. The quantitative estimate of drug-likeness (QED) is 0.522. The molecule has 0 aromatic heterocycles. The molecule has 0 saturated heterocycles. The van der Waals surface area contributed by atoms with Crippen molar-refractivity contribution in [3.05, 3.63) is 0 Å². The van der Waals surface area contributed by atoms with Gasteiger partial charge >= 0.3 is 5.80 Å². The van der Waals surface area contributed by atoms with E-state index in [0.29, 0.717) is 0 Å². The predicted molar refractivity (Wildman–Crippen MR) is 57.1 cm³/mol. The van der Waals surface area contributed by atoms with Gasteiger partial charge < -0.3 is 0 Å². The van der Waals surface area contributed by atoms with Crippen molar-refractivity contribution in [2.75, 3.05) is 0 Å². The first-order valence-corrected chi connectivity index (χ1v) is 7.32. The molecule has 0 spiro atoms. The molecule has 0 radical (unpaired) electrons. The Labute approximate surface area is 85.9 Å². The van der Waals surface area contributed by atoms with Crippen LogP contribution in [0.2, 0.25) is 16.6 Å². The Kier molecular flexibility index (Phi) is 3.26. The summed E-state index contributed by atoms with van der Waals surface area (Å²) in [4.78, 5) is 0. The summed E-state index contributed by atoms with van der Waals surface area (Å²) < 4.78 is 39.5. The Morgan fingerprint density at radius 2 is 0.929 bits per heavy atom. The zero-order valence-electron chi connectivity index (χ0n) is 10.1. The molecule has 0 aliphatic heterocycles. The second kappa shape index (κ2) is 3.25. The van der Waals surface area contributed by atoms with Crippen LogP contribution in [0.3, 0.4) is 0 Å². The summed E-state index contributed by atoms with van der Waals surface area (Å²) in [5.74, 6) is -4.04. The van der Waals surface area contributed by atoms with E-state index < -0.39 is 23.9 Å². The van der Waals surface area contributed by atoms with E-state index in [4.69, 9.17) is 0 Å². The molecule has 0 heterocycles. The zero-order chi connectivity index (χ0) is 12.0. The third-order valence-corrected chi connectivity index (χ3v) is 10.7. The topological polar surface area (TPSA) is 0 Å². The molecule has 14 heavy (non-hydrogen) atoms. The van der Waals surface area contributed by atoms with E-state index in [9.17, 15) is 13.2 Å². The van der Waals surface area contributed by atoms with Gasteiger partial charge in [0.2, 0.25) is 0 Å². The molecule has 86 valence electrons. The Morgan fingerprint density at radius 1 is 0.714 bits per heavy atom. The summed E-state index contributed by atoms with van der Waals surface area (Å²) in [6.45, 7) is 11.7. The maximum atomic E-state index is 13.2. The summed E-state index contributed by atoms with van der Waals surface area (Å²) in [6.07, 6.45) is 0. The van der Waals surface area contributed by atoms with Crippen LogP contribution in [0, 0.1) is 0 Å². The number of hydrogen-bond acceptors (Lipinski definition) is 0. The molecule has 0 aliphatic carbocycles. The van der Waals surface area contributed by atoms with Crippen molar-refractivity contribution in [2.24, 2.45) is 0 Å². The van der Waals surface area contributed by atoms with Gasteiger partial charge in [0.15, 0.2) is 8.07 Å². The van der Waals surface area contributed by atoms with Gasteiger partial charge in [0, 0.05) is 0 Å². The number of rotatable bonds is 0. The normalized spacial score (nSPS) is 15.9. The first-order chi connectivity index (χ1) is 5.75. The van der Waals surface area contributed by atoms with Crippen LogP contribution in [0.5, 0.6) is 0 Å². The minimum atomic E-state index is -4.04. The molecule has 0 atom stereocenters. The lowest BCUT2D eigenvalue weighted by Gasteiger charge is -2.49. The predicted octanol–water partition coefficient (Wildman–Crippen LogP) is 4.77. The Bertz CT molecular complexity index is 169. The minimum Gasteiger partial charge on any atom is -0.177 e. The fourth-order valence-corrected chi connectivity index (χ4v) is 5.93. The van der Waals surface area contributed by atoms with Gasteiger partial charge in [-0.15, -0.1) is 0 Å². The molecular weight excluding hydrogens is 205 g/mol. The van der Waals surface area contributed by atoms with Crippen LogP contribution in [0.4, 0.5) is 13.2 Å². The van der Waals surface area contributed by atoms with E-state index >= 15 is 0 Å². The Balaban J connectivity index is 5.54. The molecular formula is C10H21F3Si. The summed E-state index contributed by atoms with van der Waals surface area (Å²) in [7, 11) is -3.35. The van der Waals surface area contributed by atoms with Gasteiger partial charge in [-0.25, -0.2) is 0 Å². The lowest BCUT2D eigenvalue weighted by molar-refractivity contribution is -0.0632. The van der Waals surface area contributed by atoms with Crippen molar-refractivity contribution in [3.63, 3.8) is 0 Å². The fourth-order valence-electron chi connectivity index (χ4n) is 1.98. The highest BCUT2D eigenvalue weighted by atomic mass is 28.3. The second-order valence-corrected chi connectivity index (χ2v) is 11.9. The van der Waals surface area contributed by atoms with Crippen LogP contribution in [0.25, 0.3) is 0 Å². The molecule has 0 fully saturated rings. The molecule has 0 bridgehead atoms. The number of alkyl halides is 3. The summed E-state index contributed by atoms with van der Waals surface area (Å²) in [5, 5.41) is -1.33. The molecule has 0 aromatic carbocycles. The van der Waals surface area contributed by atoms with Gasteiger partial charge in [-0.3, -0.25) is 0 Å². The molecule has 0 unspecified atom stereocenters. The van der Waals surface area contributed by atoms with E-state index in [0.717, 1.165) is 0 Å². The molecule has 0 amide bonds. The van der Waals surface area contributed by atoms with Crippen molar-refractivity contribution in [2.45, 2.75) is 64.0 Å².